The van der Waals surface area contributed by atoms with Gasteiger partial charge in [-0.25, -0.2) is 4.98 Å². The highest BCUT2D eigenvalue weighted by atomic mass is 16.3. The Morgan fingerprint density at radius 3 is 2.48 bits per heavy atom. The molecule has 2 aromatic heterocycles. The zero-order valence-corrected chi connectivity index (χ0v) is 14.5. The number of aliphatic hydroxyl groups is 2. The molecule has 130 valence electrons. The van der Waals surface area contributed by atoms with E-state index in [0.29, 0.717) is 24.3 Å². The first-order valence-corrected chi connectivity index (χ1v) is 8.47. The van der Waals surface area contributed by atoms with Crippen molar-refractivity contribution in [3.05, 3.63) is 41.0 Å². The average molecular weight is 338 g/mol. The van der Waals surface area contributed by atoms with Gasteiger partial charge in [0.25, 0.3) is 0 Å². The van der Waals surface area contributed by atoms with Crippen LogP contribution in [0.2, 0.25) is 0 Å². The zero-order valence-electron chi connectivity index (χ0n) is 14.5. The first kappa shape index (κ1) is 17.2. The fourth-order valence-corrected chi connectivity index (χ4v) is 3.48. The van der Waals surface area contributed by atoms with Crippen LogP contribution in [0.15, 0.2) is 24.3 Å². The molecule has 1 aromatic carbocycles. The average Bonchev–Trinajstić information content (AvgIpc) is 2.99. The van der Waals surface area contributed by atoms with Crippen LogP contribution in [-0.4, -0.2) is 45.9 Å². The summed E-state index contributed by atoms with van der Waals surface area (Å²) in [5, 5.41) is 28.7. The molecule has 0 unspecified atom stereocenters. The number of anilines is 1. The number of nitrogens with zero attached hydrogens (tertiary/aromatic N) is 4. The summed E-state index contributed by atoms with van der Waals surface area (Å²) in [5.74, 6) is 0.894. The van der Waals surface area contributed by atoms with Gasteiger partial charge in [0.1, 0.15) is 11.9 Å². The SMILES string of the molecule is CCc1c(C)c(C#N)c2nc3ccccc3n2c1N(CCO)CCO. The van der Waals surface area contributed by atoms with Gasteiger partial charge in [0.05, 0.1) is 29.8 Å². The molecule has 2 heterocycles. The van der Waals surface area contributed by atoms with E-state index in [0.717, 1.165) is 34.4 Å². The van der Waals surface area contributed by atoms with Crippen molar-refractivity contribution in [2.75, 3.05) is 31.2 Å². The summed E-state index contributed by atoms with van der Waals surface area (Å²) >= 11 is 0. The molecule has 3 aromatic rings. The Kier molecular flexibility index (Phi) is 4.88. The predicted molar refractivity (Wildman–Crippen MR) is 97.9 cm³/mol. The van der Waals surface area contributed by atoms with Crippen LogP contribution in [-0.2, 0) is 6.42 Å². The molecule has 0 atom stereocenters. The van der Waals surface area contributed by atoms with Crippen molar-refractivity contribution in [1.82, 2.24) is 9.38 Å². The third-order valence-electron chi connectivity index (χ3n) is 4.60. The minimum Gasteiger partial charge on any atom is -0.395 e. The minimum absolute atomic E-state index is 0.0175. The summed E-state index contributed by atoms with van der Waals surface area (Å²) in [6.45, 7) is 4.76. The Morgan fingerprint density at radius 1 is 1.20 bits per heavy atom. The molecule has 0 aliphatic rings. The zero-order chi connectivity index (χ0) is 18.0. The maximum atomic E-state index is 9.70. The topological polar surface area (TPSA) is 84.8 Å². The quantitative estimate of drug-likeness (QED) is 0.718. The number of benzene rings is 1. The van der Waals surface area contributed by atoms with E-state index in [1.54, 1.807) is 0 Å². The van der Waals surface area contributed by atoms with E-state index in [-0.39, 0.29) is 13.2 Å². The molecule has 25 heavy (non-hydrogen) atoms. The van der Waals surface area contributed by atoms with Gasteiger partial charge >= 0.3 is 0 Å². The van der Waals surface area contributed by atoms with Gasteiger partial charge < -0.3 is 15.1 Å². The monoisotopic (exact) mass is 338 g/mol. The number of imidazole rings is 1. The number of para-hydroxylation sites is 2. The number of hydrogen-bond donors (Lipinski definition) is 2. The molecule has 0 fully saturated rings. The van der Waals surface area contributed by atoms with Crippen LogP contribution in [0.5, 0.6) is 0 Å². The number of rotatable bonds is 6. The maximum absolute atomic E-state index is 9.70. The lowest BCUT2D eigenvalue weighted by Gasteiger charge is -2.28. The summed E-state index contributed by atoms with van der Waals surface area (Å²) in [5.41, 5.74) is 4.87. The van der Waals surface area contributed by atoms with Crippen LogP contribution < -0.4 is 4.90 Å². The smallest absolute Gasteiger partial charge is 0.157 e. The predicted octanol–water partition coefficient (Wildman–Crippen LogP) is 2.02. The maximum Gasteiger partial charge on any atom is 0.157 e. The highest BCUT2D eigenvalue weighted by Crippen LogP contribution is 2.33. The van der Waals surface area contributed by atoms with Crippen molar-refractivity contribution in [1.29, 1.82) is 5.26 Å². The van der Waals surface area contributed by atoms with Crippen molar-refractivity contribution in [2.45, 2.75) is 20.3 Å². The van der Waals surface area contributed by atoms with Crippen LogP contribution in [0.25, 0.3) is 16.7 Å². The van der Waals surface area contributed by atoms with E-state index in [9.17, 15) is 15.5 Å². The molecule has 0 radical (unpaired) electrons. The third kappa shape index (κ3) is 2.72. The van der Waals surface area contributed by atoms with Gasteiger partial charge in [-0.1, -0.05) is 19.1 Å². The van der Waals surface area contributed by atoms with Gasteiger partial charge in [0, 0.05) is 13.1 Å². The standard InChI is InChI=1S/C19H22N4O2/c1-3-14-13(2)15(12-20)18-21-16-6-4-5-7-17(16)23(18)19(14)22(8-10-24)9-11-25/h4-7,24-25H,3,8-11H2,1-2H3. The van der Waals surface area contributed by atoms with Crippen molar-refractivity contribution >= 4 is 22.5 Å². The molecule has 0 bridgehead atoms. The first-order valence-electron chi connectivity index (χ1n) is 8.47. The largest absolute Gasteiger partial charge is 0.395 e. The van der Waals surface area contributed by atoms with Crippen LogP contribution in [0, 0.1) is 18.3 Å². The number of hydrogen-bond acceptors (Lipinski definition) is 5. The number of nitriles is 1. The van der Waals surface area contributed by atoms with Gasteiger partial charge in [-0.3, -0.25) is 4.40 Å². The lowest BCUT2D eigenvalue weighted by atomic mass is 10.0. The summed E-state index contributed by atoms with van der Waals surface area (Å²) in [4.78, 5) is 6.64. The van der Waals surface area contributed by atoms with E-state index in [4.69, 9.17) is 0 Å². The molecule has 0 saturated carbocycles. The van der Waals surface area contributed by atoms with Crippen molar-refractivity contribution < 1.29 is 10.2 Å². The van der Waals surface area contributed by atoms with Crippen molar-refractivity contribution in [3.8, 4) is 6.07 Å². The lowest BCUT2D eigenvalue weighted by Crippen LogP contribution is -2.32. The number of fused-ring (bicyclic) bond motifs is 3. The fraction of sp³-hybridized carbons (Fsp3) is 0.368. The Balaban J connectivity index is 2.50. The molecular formula is C19H22N4O2. The van der Waals surface area contributed by atoms with Crippen molar-refractivity contribution in [3.63, 3.8) is 0 Å². The molecule has 2 N–H and O–H groups in total. The van der Waals surface area contributed by atoms with E-state index < -0.39 is 0 Å². The van der Waals surface area contributed by atoms with Gasteiger partial charge in [0.2, 0.25) is 0 Å². The van der Waals surface area contributed by atoms with Gasteiger partial charge in [-0.15, -0.1) is 0 Å². The molecule has 0 saturated heterocycles. The Bertz CT molecular complexity index is 950. The summed E-state index contributed by atoms with van der Waals surface area (Å²) < 4.78 is 1.99. The van der Waals surface area contributed by atoms with Gasteiger partial charge in [-0.2, -0.15) is 5.26 Å². The molecule has 6 heteroatoms. The summed E-state index contributed by atoms with van der Waals surface area (Å²) in [6, 6.07) is 10.1. The molecule has 0 aliphatic carbocycles. The first-order chi connectivity index (χ1) is 12.2. The van der Waals surface area contributed by atoms with Crippen LogP contribution in [0.1, 0.15) is 23.6 Å². The second-order valence-corrected chi connectivity index (χ2v) is 5.96. The molecular weight excluding hydrogens is 316 g/mol. The van der Waals surface area contributed by atoms with E-state index in [1.807, 2.05) is 47.4 Å². The van der Waals surface area contributed by atoms with Crippen LogP contribution >= 0.6 is 0 Å². The number of aliphatic hydroxyl groups excluding tert-OH is 2. The van der Waals surface area contributed by atoms with Crippen LogP contribution in [0.3, 0.4) is 0 Å². The molecule has 0 spiro atoms. The van der Waals surface area contributed by atoms with E-state index >= 15 is 0 Å². The second kappa shape index (κ2) is 7.09. The Morgan fingerprint density at radius 2 is 1.88 bits per heavy atom. The minimum atomic E-state index is -0.0175. The fourth-order valence-electron chi connectivity index (χ4n) is 3.48. The summed E-state index contributed by atoms with van der Waals surface area (Å²) in [6.07, 6.45) is 0.742. The Labute approximate surface area is 146 Å². The Hall–Kier alpha value is -2.62. The lowest BCUT2D eigenvalue weighted by molar-refractivity contribution is 0.280. The van der Waals surface area contributed by atoms with E-state index in [2.05, 4.69) is 11.1 Å². The van der Waals surface area contributed by atoms with E-state index in [1.165, 1.54) is 0 Å². The highest BCUT2D eigenvalue weighted by molar-refractivity contribution is 5.86. The van der Waals surface area contributed by atoms with Crippen LogP contribution in [0.4, 0.5) is 5.82 Å². The molecule has 3 rings (SSSR count). The third-order valence-corrected chi connectivity index (χ3v) is 4.60. The molecule has 0 aliphatic heterocycles. The summed E-state index contributed by atoms with van der Waals surface area (Å²) in [7, 11) is 0. The second-order valence-electron chi connectivity index (χ2n) is 5.96. The molecule has 6 nitrogen and oxygen atoms in total. The van der Waals surface area contributed by atoms with Crippen molar-refractivity contribution in [2.24, 2.45) is 0 Å². The molecule has 0 amide bonds. The normalized spacial score (nSPS) is 11.2. The number of pyridine rings is 1. The highest BCUT2D eigenvalue weighted by Gasteiger charge is 2.23. The number of aromatic nitrogens is 2. The van der Waals surface area contributed by atoms with Gasteiger partial charge in [-0.05, 0) is 36.6 Å². The van der Waals surface area contributed by atoms with Gasteiger partial charge in [0.15, 0.2) is 5.65 Å².